The number of carbonyl (C=O) groups excluding carboxylic acids is 3. The summed E-state index contributed by atoms with van der Waals surface area (Å²) in [6.45, 7) is 7.87. The van der Waals surface area contributed by atoms with Crippen LogP contribution in [0.2, 0.25) is 5.02 Å². The smallest absolute Gasteiger partial charge is 0.368 e. The van der Waals surface area contributed by atoms with Crippen molar-refractivity contribution in [3.63, 3.8) is 0 Å². The van der Waals surface area contributed by atoms with E-state index in [1.807, 2.05) is 17.0 Å². The molecule has 40 heavy (non-hydrogen) atoms. The molecule has 0 radical (unpaired) electrons. The number of primary amides is 1. The lowest BCUT2D eigenvalue weighted by molar-refractivity contribution is -0.137. The van der Waals surface area contributed by atoms with E-state index in [-0.39, 0.29) is 11.6 Å². The van der Waals surface area contributed by atoms with Crippen molar-refractivity contribution >= 4 is 35.1 Å². The zero-order chi connectivity index (χ0) is 29.1. The summed E-state index contributed by atoms with van der Waals surface area (Å²) in [7, 11) is 0. The summed E-state index contributed by atoms with van der Waals surface area (Å²) in [4.78, 5) is 40.9. The van der Waals surface area contributed by atoms with E-state index in [1.54, 1.807) is 12.1 Å². The fourth-order valence-electron chi connectivity index (χ4n) is 4.31. The highest BCUT2D eigenvalue weighted by atomic mass is 35.5. The van der Waals surface area contributed by atoms with Crippen molar-refractivity contribution in [1.82, 2.24) is 20.0 Å². The van der Waals surface area contributed by atoms with Gasteiger partial charge in [0.15, 0.2) is 0 Å². The molecule has 0 unspecified atom stereocenters. The van der Waals surface area contributed by atoms with Gasteiger partial charge in [0.1, 0.15) is 0 Å². The number of urea groups is 1. The second kappa shape index (κ2) is 14.9. The molecule has 2 heterocycles. The van der Waals surface area contributed by atoms with Crippen molar-refractivity contribution in [2.45, 2.75) is 19.0 Å². The molecule has 2 aliphatic heterocycles. The van der Waals surface area contributed by atoms with E-state index < -0.39 is 30.1 Å². The molecular weight excluding hydrogens is 549 g/mol. The molecule has 13 heteroatoms. The number of halogens is 4. The van der Waals surface area contributed by atoms with Crippen LogP contribution in [0.3, 0.4) is 0 Å². The van der Waals surface area contributed by atoms with Crippen molar-refractivity contribution < 1.29 is 27.6 Å². The minimum Gasteiger partial charge on any atom is -0.368 e. The van der Waals surface area contributed by atoms with Crippen LogP contribution in [0.1, 0.15) is 28.8 Å². The molecule has 4 rings (SSSR count). The molecule has 0 saturated carbocycles. The van der Waals surface area contributed by atoms with Gasteiger partial charge in [0.25, 0.3) is 5.91 Å². The van der Waals surface area contributed by atoms with Crippen LogP contribution in [0.5, 0.6) is 0 Å². The highest BCUT2D eigenvalue weighted by molar-refractivity contribution is 6.30. The van der Waals surface area contributed by atoms with Gasteiger partial charge in [-0.1, -0.05) is 17.7 Å². The molecule has 4 amide bonds. The molecular formula is C27H34ClF3N6O3. The lowest BCUT2D eigenvalue weighted by atomic mass is 10.1. The van der Waals surface area contributed by atoms with Gasteiger partial charge in [0.05, 0.1) is 12.1 Å². The van der Waals surface area contributed by atoms with E-state index in [0.717, 1.165) is 57.1 Å². The standard InChI is InChI=1S/C17H25ClN4O.C10H9F3N2O2/c18-15-3-5-16(6-4-15)19-17(23)22-13-11-21(12-14-22)10-9-20-7-1-2-8-20;11-10(12,13)7-3-1-2-6(4-7)9(17)15-5-8(14)16/h3-6H,1-2,7-14H2,(H,19,23);1-4H,5H2,(H2,14,16)(H,15,17). The summed E-state index contributed by atoms with van der Waals surface area (Å²) in [6, 6.07) is 11.1. The van der Waals surface area contributed by atoms with Gasteiger partial charge < -0.3 is 26.2 Å². The third-order valence-corrected chi connectivity index (χ3v) is 6.81. The number of amides is 4. The summed E-state index contributed by atoms with van der Waals surface area (Å²) < 4.78 is 37.0. The number of alkyl halides is 3. The van der Waals surface area contributed by atoms with Crippen molar-refractivity contribution in [2.75, 3.05) is 64.2 Å². The van der Waals surface area contributed by atoms with Gasteiger partial charge >= 0.3 is 12.2 Å². The minimum atomic E-state index is -4.51. The summed E-state index contributed by atoms with van der Waals surface area (Å²) >= 11 is 5.86. The average Bonchev–Trinajstić information content (AvgIpc) is 3.46. The zero-order valence-electron chi connectivity index (χ0n) is 22.1. The van der Waals surface area contributed by atoms with Crippen molar-refractivity contribution in [3.8, 4) is 0 Å². The first-order chi connectivity index (χ1) is 19.0. The van der Waals surface area contributed by atoms with Gasteiger partial charge in [-0.3, -0.25) is 14.5 Å². The lowest BCUT2D eigenvalue weighted by Gasteiger charge is -2.35. The van der Waals surface area contributed by atoms with Crippen LogP contribution < -0.4 is 16.4 Å². The van der Waals surface area contributed by atoms with E-state index in [1.165, 1.54) is 32.0 Å². The third-order valence-electron chi connectivity index (χ3n) is 6.56. The molecule has 4 N–H and O–H groups in total. The lowest BCUT2D eigenvalue weighted by Crippen LogP contribution is -2.51. The molecule has 9 nitrogen and oxygen atoms in total. The summed E-state index contributed by atoms with van der Waals surface area (Å²) in [5.74, 6) is -1.56. The first-order valence-corrected chi connectivity index (χ1v) is 13.4. The Morgan fingerprint density at radius 1 is 0.875 bits per heavy atom. The molecule has 0 aliphatic carbocycles. The number of anilines is 1. The van der Waals surface area contributed by atoms with Gasteiger partial charge in [-0.2, -0.15) is 13.2 Å². The number of likely N-dealkylation sites (tertiary alicyclic amines) is 1. The van der Waals surface area contributed by atoms with Crippen LogP contribution in [0, 0.1) is 0 Å². The molecule has 0 aromatic heterocycles. The largest absolute Gasteiger partial charge is 0.416 e. The summed E-state index contributed by atoms with van der Waals surface area (Å²) in [5.41, 5.74) is 4.47. The topological polar surface area (TPSA) is 111 Å². The SMILES string of the molecule is NC(=O)CNC(=O)c1cccc(C(F)(F)F)c1.O=C(Nc1ccc(Cl)cc1)N1CCN(CCN2CCCC2)CC1. The summed E-state index contributed by atoms with van der Waals surface area (Å²) in [6.07, 6.45) is -1.82. The Labute approximate surface area is 236 Å². The minimum absolute atomic E-state index is 0.0217. The number of hydrogen-bond acceptors (Lipinski definition) is 5. The van der Waals surface area contributed by atoms with Crippen LogP contribution in [-0.4, -0.2) is 91.4 Å². The first kappa shape index (κ1) is 31.2. The highest BCUT2D eigenvalue weighted by Gasteiger charge is 2.31. The number of benzene rings is 2. The van der Waals surface area contributed by atoms with E-state index in [4.69, 9.17) is 17.3 Å². The maximum absolute atomic E-state index is 12.3. The van der Waals surface area contributed by atoms with Crippen LogP contribution in [0.4, 0.5) is 23.7 Å². The fraction of sp³-hybridized carbons (Fsp3) is 0.444. The molecule has 2 aliphatic rings. The molecule has 2 saturated heterocycles. The van der Waals surface area contributed by atoms with Crippen LogP contribution in [0.15, 0.2) is 48.5 Å². The quantitative estimate of drug-likeness (QED) is 0.463. The molecule has 2 aromatic rings. The predicted molar refractivity (Wildman–Crippen MR) is 147 cm³/mol. The number of nitrogens with two attached hydrogens (primary N) is 1. The fourth-order valence-corrected chi connectivity index (χ4v) is 4.43. The molecule has 0 atom stereocenters. The van der Waals surface area contributed by atoms with Crippen molar-refractivity contribution in [3.05, 3.63) is 64.7 Å². The second-order valence-electron chi connectivity index (χ2n) is 9.54. The van der Waals surface area contributed by atoms with Crippen molar-refractivity contribution in [2.24, 2.45) is 5.73 Å². The Bertz CT molecular complexity index is 1140. The monoisotopic (exact) mass is 582 g/mol. The third kappa shape index (κ3) is 10.3. The van der Waals surface area contributed by atoms with E-state index >= 15 is 0 Å². The van der Waals surface area contributed by atoms with Gasteiger partial charge in [0.2, 0.25) is 5.91 Å². The van der Waals surface area contributed by atoms with E-state index in [0.29, 0.717) is 11.1 Å². The van der Waals surface area contributed by atoms with Gasteiger partial charge in [-0.05, 0) is 68.4 Å². The Hall–Kier alpha value is -3.35. The zero-order valence-corrected chi connectivity index (χ0v) is 22.8. The van der Waals surface area contributed by atoms with Gasteiger partial charge in [-0.25, -0.2) is 4.79 Å². The number of piperazine rings is 1. The maximum Gasteiger partial charge on any atom is 0.416 e. The number of carbonyl (C=O) groups is 3. The predicted octanol–water partition coefficient (Wildman–Crippen LogP) is 3.51. The number of nitrogens with zero attached hydrogens (tertiary/aromatic N) is 3. The average molecular weight is 583 g/mol. The van der Waals surface area contributed by atoms with Gasteiger partial charge in [-0.15, -0.1) is 0 Å². The number of nitrogens with one attached hydrogen (secondary N) is 2. The van der Waals surface area contributed by atoms with E-state index in [9.17, 15) is 27.6 Å². The molecule has 218 valence electrons. The highest BCUT2D eigenvalue weighted by Crippen LogP contribution is 2.29. The Morgan fingerprint density at radius 3 is 2.05 bits per heavy atom. The normalized spacial score (nSPS) is 16.1. The Morgan fingerprint density at radius 2 is 1.48 bits per heavy atom. The Balaban J connectivity index is 0.000000232. The Kier molecular flexibility index (Phi) is 11.6. The first-order valence-electron chi connectivity index (χ1n) is 13.0. The molecule has 2 fully saturated rings. The number of rotatable bonds is 7. The second-order valence-corrected chi connectivity index (χ2v) is 9.98. The molecule has 0 bridgehead atoms. The summed E-state index contributed by atoms with van der Waals surface area (Å²) in [5, 5.41) is 5.70. The van der Waals surface area contributed by atoms with Gasteiger partial charge in [0, 0.05) is 55.5 Å². The van der Waals surface area contributed by atoms with E-state index in [2.05, 4.69) is 20.4 Å². The van der Waals surface area contributed by atoms with Crippen LogP contribution >= 0.6 is 11.6 Å². The number of hydrogen-bond donors (Lipinski definition) is 3. The molecule has 0 spiro atoms. The van der Waals surface area contributed by atoms with Crippen LogP contribution in [0.25, 0.3) is 0 Å². The van der Waals surface area contributed by atoms with Crippen LogP contribution in [-0.2, 0) is 11.0 Å². The maximum atomic E-state index is 12.3. The van der Waals surface area contributed by atoms with Crippen molar-refractivity contribution in [1.29, 1.82) is 0 Å². The molecule has 2 aromatic carbocycles.